The smallest absolute Gasteiger partial charge is 0.208 e. The number of hydrogen-bond acceptors (Lipinski definition) is 5. The summed E-state index contributed by atoms with van der Waals surface area (Å²) in [6.07, 6.45) is 4.56. The highest BCUT2D eigenvalue weighted by molar-refractivity contribution is 7.88. The van der Waals surface area contributed by atoms with Crippen molar-refractivity contribution in [3.8, 4) is 16.9 Å². The van der Waals surface area contributed by atoms with Gasteiger partial charge >= 0.3 is 0 Å². The van der Waals surface area contributed by atoms with Crippen LogP contribution in [0.15, 0.2) is 48.5 Å². The minimum absolute atomic E-state index is 0.173. The monoisotopic (exact) mass is 521 g/mol. The first kappa shape index (κ1) is 24.4. The number of aromatic nitrogens is 1. The van der Waals surface area contributed by atoms with Crippen LogP contribution in [0.3, 0.4) is 0 Å². The van der Waals surface area contributed by atoms with Gasteiger partial charge in [0.2, 0.25) is 10.0 Å². The van der Waals surface area contributed by atoms with Crippen LogP contribution in [0.5, 0.6) is 5.75 Å². The summed E-state index contributed by atoms with van der Waals surface area (Å²) in [5.74, 6) is 3.23. The first-order valence-electron chi connectivity index (χ1n) is 12.9. The minimum atomic E-state index is -3.19. The minimum Gasteiger partial charge on any atom is -0.489 e. The maximum Gasteiger partial charge on any atom is 0.208 e. The van der Waals surface area contributed by atoms with Crippen molar-refractivity contribution in [2.75, 3.05) is 30.8 Å². The summed E-state index contributed by atoms with van der Waals surface area (Å²) in [6, 6.07) is 15.5. The van der Waals surface area contributed by atoms with E-state index in [1.807, 2.05) is 31.2 Å². The maximum absolute atomic E-state index is 14.7. The number of halogens is 1. The van der Waals surface area contributed by atoms with Crippen molar-refractivity contribution in [2.24, 2.45) is 11.8 Å². The van der Waals surface area contributed by atoms with Gasteiger partial charge in [0, 0.05) is 36.5 Å². The van der Waals surface area contributed by atoms with E-state index in [9.17, 15) is 12.8 Å². The molecule has 1 N–H and O–H groups in total. The average Bonchev–Trinajstić information content (AvgIpc) is 3.30. The number of nitrogens with zero attached hydrogens (tertiary/aromatic N) is 2. The van der Waals surface area contributed by atoms with Gasteiger partial charge in [-0.15, -0.1) is 0 Å². The van der Waals surface area contributed by atoms with Crippen molar-refractivity contribution >= 4 is 15.8 Å². The van der Waals surface area contributed by atoms with Gasteiger partial charge in [0.15, 0.2) is 0 Å². The molecule has 0 spiro atoms. The zero-order valence-corrected chi connectivity index (χ0v) is 22.0. The highest BCUT2D eigenvalue weighted by Crippen LogP contribution is 2.56. The molecule has 1 aliphatic heterocycles. The molecule has 2 unspecified atom stereocenters. The second kappa shape index (κ2) is 9.40. The normalized spacial score (nSPS) is 22.1. The number of rotatable bonds is 8. The SMILES string of the molecule is Cc1nc(N2CCC(CNS(C)(=O)=O)C2)ccc1-c1ccc(F)c(COc2ccc3c(c2)C[C@H]2CC32)c1. The number of anilines is 1. The van der Waals surface area contributed by atoms with E-state index in [1.54, 1.807) is 6.07 Å². The molecule has 1 aromatic heterocycles. The lowest BCUT2D eigenvalue weighted by Gasteiger charge is -2.19. The van der Waals surface area contributed by atoms with Crippen LogP contribution >= 0.6 is 0 Å². The number of sulfonamides is 1. The molecule has 0 bridgehead atoms. The summed E-state index contributed by atoms with van der Waals surface area (Å²) < 4.78 is 46.1. The van der Waals surface area contributed by atoms with Crippen molar-refractivity contribution in [3.63, 3.8) is 0 Å². The predicted molar refractivity (Wildman–Crippen MR) is 143 cm³/mol. The van der Waals surface area contributed by atoms with Gasteiger partial charge in [-0.05, 0) is 97.0 Å². The number of fused-ring (bicyclic) bond motifs is 3. The molecular formula is C29H32FN3O3S. The Kier molecular flexibility index (Phi) is 6.19. The van der Waals surface area contributed by atoms with Crippen LogP contribution in [-0.2, 0) is 23.1 Å². The molecule has 3 atom stereocenters. The first-order chi connectivity index (χ1) is 17.7. The second-order valence-corrected chi connectivity index (χ2v) is 12.6. The lowest BCUT2D eigenvalue weighted by atomic mass is 10.0. The van der Waals surface area contributed by atoms with Crippen LogP contribution in [-0.4, -0.2) is 39.3 Å². The maximum atomic E-state index is 14.7. The summed E-state index contributed by atoms with van der Waals surface area (Å²) >= 11 is 0. The standard InChI is InChI=1S/C29H32FN3O3S/c1-18-25(6-8-29(32-18)33-10-9-19(16-33)15-31-37(2,34)35)20-3-7-28(30)23(11-20)17-36-24-4-5-26-21(13-24)12-22-14-27(22)26/h3-8,11,13,19,22,27,31H,9-10,12,14-17H2,1-2H3/t19?,22-,27?/m0/s1. The van der Waals surface area contributed by atoms with E-state index in [1.165, 1.54) is 29.9 Å². The van der Waals surface area contributed by atoms with Gasteiger partial charge in [0.25, 0.3) is 0 Å². The van der Waals surface area contributed by atoms with Gasteiger partial charge in [-0.25, -0.2) is 22.5 Å². The molecule has 3 aromatic rings. The zero-order valence-electron chi connectivity index (χ0n) is 21.2. The van der Waals surface area contributed by atoms with Crippen molar-refractivity contribution in [1.29, 1.82) is 0 Å². The molecule has 194 valence electrons. The Morgan fingerprint density at radius 1 is 1.16 bits per heavy atom. The fraction of sp³-hybridized carbons (Fsp3) is 0.414. The van der Waals surface area contributed by atoms with E-state index in [-0.39, 0.29) is 18.3 Å². The lowest BCUT2D eigenvalue weighted by molar-refractivity contribution is 0.299. The van der Waals surface area contributed by atoms with Gasteiger partial charge in [0.05, 0.1) is 6.26 Å². The molecule has 37 heavy (non-hydrogen) atoms. The third-order valence-electron chi connectivity index (χ3n) is 7.98. The summed E-state index contributed by atoms with van der Waals surface area (Å²) in [5.41, 5.74) is 6.09. The van der Waals surface area contributed by atoms with E-state index in [0.29, 0.717) is 12.1 Å². The van der Waals surface area contributed by atoms with Crippen LogP contribution in [0.25, 0.3) is 11.1 Å². The molecule has 2 aliphatic carbocycles. The third-order valence-corrected chi connectivity index (χ3v) is 8.68. The average molecular weight is 522 g/mol. The molecule has 0 radical (unpaired) electrons. The molecule has 3 aliphatic rings. The number of pyridine rings is 1. The molecule has 2 aromatic carbocycles. The van der Waals surface area contributed by atoms with Gasteiger partial charge < -0.3 is 9.64 Å². The summed E-state index contributed by atoms with van der Waals surface area (Å²) in [7, 11) is -3.19. The highest BCUT2D eigenvalue weighted by Gasteiger charge is 2.44. The number of ether oxygens (including phenoxy) is 1. The Morgan fingerprint density at radius 3 is 2.84 bits per heavy atom. The van der Waals surface area contributed by atoms with E-state index in [2.05, 4.69) is 21.8 Å². The third kappa shape index (κ3) is 5.22. The predicted octanol–water partition coefficient (Wildman–Crippen LogP) is 4.81. The fourth-order valence-electron chi connectivity index (χ4n) is 5.87. The topological polar surface area (TPSA) is 71.5 Å². The fourth-order valence-corrected chi connectivity index (χ4v) is 6.40. The summed E-state index contributed by atoms with van der Waals surface area (Å²) in [6.45, 7) is 4.18. The molecule has 6 nitrogen and oxygen atoms in total. The Hall–Kier alpha value is -2.97. The summed E-state index contributed by atoms with van der Waals surface area (Å²) in [5, 5.41) is 0. The Morgan fingerprint density at radius 2 is 2.03 bits per heavy atom. The molecular weight excluding hydrogens is 489 g/mol. The molecule has 2 fully saturated rings. The van der Waals surface area contributed by atoms with Gasteiger partial charge in [-0.3, -0.25) is 0 Å². The lowest BCUT2D eigenvalue weighted by Crippen LogP contribution is -2.30. The van der Waals surface area contributed by atoms with Crippen molar-refractivity contribution in [2.45, 2.75) is 38.7 Å². The Labute approximate surface area is 217 Å². The van der Waals surface area contributed by atoms with Gasteiger partial charge in [-0.2, -0.15) is 0 Å². The molecule has 0 amide bonds. The van der Waals surface area contributed by atoms with Crippen molar-refractivity contribution in [3.05, 3.63) is 76.7 Å². The molecule has 2 heterocycles. The van der Waals surface area contributed by atoms with E-state index < -0.39 is 10.0 Å². The molecule has 1 saturated heterocycles. The van der Waals surface area contributed by atoms with Crippen molar-refractivity contribution in [1.82, 2.24) is 9.71 Å². The van der Waals surface area contributed by atoms with Crippen molar-refractivity contribution < 1.29 is 17.5 Å². The molecule has 1 saturated carbocycles. The van der Waals surface area contributed by atoms with Crippen LogP contribution in [0.4, 0.5) is 10.2 Å². The Bertz CT molecular complexity index is 1460. The van der Waals surface area contributed by atoms with E-state index >= 15 is 0 Å². The number of benzene rings is 2. The zero-order chi connectivity index (χ0) is 25.7. The van der Waals surface area contributed by atoms with Crippen LogP contribution in [0.2, 0.25) is 0 Å². The number of hydrogen-bond donors (Lipinski definition) is 1. The van der Waals surface area contributed by atoms with Crippen LogP contribution in [0.1, 0.15) is 41.1 Å². The largest absolute Gasteiger partial charge is 0.489 e. The van der Waals surface area contributed by atoms with Gasteiger partial charge in [0.1, 0.15) is 24.0 Å². The highest BCUT2D eigenvalue weighted by atomic mass is 32.2. The van der Waals surface area contributed by atoms with Gasteiger partial charge in [-0.1, -0.05) is 12.1 Å². The van der Waals surface area contributed by atoms with E-state index in [4.69, 9.17) is 9.72 Å². The second-order valence-electron chi connectivity index (χ2n) is 10.8. The molecule has 6 rings (SSSR count). The first-order valence-corrected chi connectivity index (χ1v) is 14.8. The summed E-state index contributed by atoms with van der Waals surface area (Å²) in [4.78, 5) is 7.02. The van der Waals surface area contributed by atoms with E-state index in [0.717, 1.165) is 66.2 Å². The number of aryl methyl sites for hydroxylation is 1. The van der Waals surface area contributed by atoms with Crippen LogP contribution in [0, 0.1) is 24.6 Å². The van der Waals surface area contributed by atoms with Crippen LogP contribution < -0.4 is 14.4 Å². The Balaban J connectivity index is 1.13. The quantitative estimate of drug-likeness (QED) is 0.461. The number of nitrogens with one attached hydrogen (secondary N) is 1. The molecule has 8 heteroatoms.